The fourth-order valence-electron chi connectivity index (χ4n) is 2.37. The van der Waals surface area contributed by atoms with E-state index in [1.54, 1.807) is 12.1 Å². The molecule has 0 unspecified atom stereocenters. The van der Waals surface area contributed by atoms with Crippen LogP contribution in [0.15, 0.2) is 24.5 Å². The maximum atomic E-state index is 13.8. The lowest BCUT2D eigenvalue weighted by Crippen LogP contribution is -2.45. The van der Waals surface area contributed by atoms with Crippen molar-refractivity contribution in [1.82, 2.24) is 19.9 Å². The first-order chi connectivity index (χ1) is 11.1. The molecule has 1 aromatic heterocycles. The summed E-state index contributed by atoms with van der Waals surface area (Å²) >= 11 is 5.75. The third-order valence-corrected chi connectivity index (χ3v) is 4.03. The SMILES string of the molecule is CN1CCN(c2ncnc(NCc3ccc(Cl)cc3F)n2)CC1. The molecule has 2 aromatic rings. The Hall–Kier alpha value is -1.99. The molecule has 2 heterocycles. The van der Waals surface area contributed by atoms with Crippen LogP contribution in [0.1, 0.15) is 5.56 Å². The maximum absolute atomic E-state index is 13.8. The molecule has 0 bridgehead atoms. The first kappa shape index (κ1) is 15.9. The van der Waals surface area contributed by atoms with Crippen molar-refractivity contribution in [1.29, 1.82) is 0 Å². The smallest absolute Gasteiger partial charge is 0.230 e. The minimum atomic E-state index is -0.349. The van der Waals surface area contributed by atoms with E-state index >= 15 is 0 Å². The highest BCUT2D eigenvalue weighted by molar-refractivity contribution is 6.30. The fraction of sp³-hybridized carbons (Fsp3) is 0.400. The van der Waals surface area contributed by atoms with Crippen molar-refractivity contribution in [2.45, 2.75) is 6.54 Å². The number of anilines is 2. The molecule has 8 heteroatoms. The summed E-state index contributed by atoms with van der Waals surface area (Å²) in [6, 6.07) is 4.60. The zero-order valence-corrected chi connectivity index (χ0v) is 13.6. The van der Waals surface area contributed by atoms with E-state index in [9.17, 15) is 4.39 Å². The molecule has 0 atom stereocenters. The number of halogens is 2. The van der Waals surface area contributed by atoms with Crippen LogP contribution < -0.4 is 10.2 Å². The average molecular weight is 337 g/mol. The van der Waals surface area contributed by atoms with Gasteiger partial charge in [-0.1, -0.05) is 17.7 Å². The van der Waals surface area contributed by atoms with Gasteiger partial charge in [-0.15, -0.1) is 0 Å². The third-order valence-electron chi connectivity index (χ3n) is 3.80. The van der Waals surface area contributed by atoms with Crippen LogP contribution in [-0.4, -0.2) is 53.1 Å². The van der Waals surface area contributed by atoms with Crippen molar-refractivity contribution in [2.75, 3.05) is 43.4 Å². The lowest BCUT2D eigenvalue weighted by molar-refractivity contribution is 0.311. The van der Waals surface area contributed by atoms with E-state index in [1.807, 2.05) is 0 Å². The Balaban J connectivity index is 1.65. The van der Waals surface area contributed by atoms with E-state index in [-0.39, 0.29) is 12.4 Å². The summed E-state index contributed by atoms with van der Waals surface area (Å²) in [6.07, 6.45) is 1.47. The van der Waals surface area contributed by atoms with Crippen LogP contribution in [0.4, 0.5) is 16.3 Å². The number of hydrogen-bond acceptors (Lipinski definition) is 6. The van der Waals surface area contributed by atoms with Crippen molar-refractivity contribution in [3.05, 3.63) is 40.9 Å². The molecule has 6 nitrogen and oxygen atoms in total. The van der Waals surface area contributed by atoms with E-state index < -0.39 is 0 Å². The molecule has 3 rings (SSSR count). The number of rotatable bonds is 4. The minimum Gasteiger partial charge on any atom is -0.350 e. The molecule has 1 aliphatic rings. The zero-order valence-electron chi connectivity index (χ0n) is 12.8. The van der Waals surface area contributed by atoms with Gasteiger partial charge in [-0.3, -0.25) is 0 Å². The zero-order chi connectivity index (χ0) is 16.2. The molecule has 0 amide bonds. The summed E-state index contributed by atoms with van der Waals surface area (Å²) in [5.41, 5.74) is 0.510. The van der Waals surface area contributed by atoms with E-state index in [4.69, 9.17) is 11.6 Å². The van der Waals surface area contributed by atoms with Crippen molar-refractivity contribution in [3.63, 3.8) is 0 Å². The number of benzene rings is 1. The summed E-state index contributed by atoms with van der Waals surface area (Å²) < 4.78 is 13.8. The number of piperazine rings is 1. The molecule has 0 radical (unpaired) electrons. The van der Waals surface area contributed by atoms with Crippen molar-refractivity contribution in [2.24, 2.45) is 0 Å². The Bertz CT molecular complexity index is 675. The van der Waals surface area contributed by atoms with Crippen LogP contribution in [-0.2, 0) is 6.54 Å². The third kappa shape index (κ3) is 4.05. The van der Waals surface area contributed by atoms with Gasteiger partial charge < -0.3 is 15.1 Å². The standard InChI is InChI=1S/C15H18ClFN6/c1-22-4-6-23(7-5-22)15-20-10-19-14(21-15)18-9-11-2-3-12(16)8-13(11)17/h2-3,8,10H,4-7,9H2,1H3,(H,18,19,20,21). The molecular formula is C15H18ClFN6. The van der Waals surface area contributed by atoms with Crippen molar-refractivity contribution < 1.29 is 4.39 Å². The molecule has 0 aliphatic carbocycles. The van der Waals surface area contributed by atoms with Gasteiger partial charge in [0.05, 0.1) is 0 Å². The van der Waals surface area contributed by atoms with E-state index in [1.165, 1.54) is 12.4 Å². The lowest BCUT2D eigenvalue weighted by Gasteiger charge is -2.32. The second kappa shape index (κ2) is 7.06. The summed E-state index contributed by atoms with van der Waals surface area (Å²) in [4.78, 5) is 17.1. The first-order valence-corrected chi connectivity index (χ1v) is 7.80. The van der Waals surface area contributed by atoms with Gasteiger partial charge in [0.2, 0.25) is 11.9 Å². The number of nitrogens with one attached hydrogen (secondary N) is 1. The number of nitrogens with zero attached hydrogens (tertiary/aromatic N) is 5. The first-order valence-electron chi connectivity index (χ1n) is 7.42. The highest BCUT2D eigenvalue weighted by atomic mass is 35.5. The van der Waals surface area contributed by atoms with Gasteiger partial charge in [-0.2, -0.15) is 4.98 Å². The molecule has 0 saturated carbocycles. The molecule has 1 aliphatic heterocycles. The van der Waals surface area contributed by atoms with Crippen molar-refractivity contribution >= 4 is 23.5 Å². The quantitative estimate of drug-likeness (QED) is 0.922. The van der Waals surface area contributed by atoms with Crippen LogP contribution >= 0.6 is 11.6 Å². The summed E-state index contributed by atoms with van der Waals surface area (Å²) in [5.74, 6) is 0.730. The molecule has 1 aromatic carbocycles. The number of likely N-dealkylation sites (N-methyl/N-ethyl adjacent to an activating group) is 1. The van der Waals surface area contributed by atoms with Gasteiger partial charge in [0.25, 0.3) is 0 Å². The molecule has 1 N–H and O–H groups in total. The summed E-state index contributed by atoms with van der Waals surface area (Å²) in [5, 5.41) is 3.41. The van der Waals surface area contributed by atoms with Crippen LogP contribution in [0.2, 0.25) is 5.02 Å². The summed E-state index contributed by atoms with van der Waals surface area (Å²) in [7, 11) is 2.10. The molecule has 1 fully saturated rings. The Morgan fingerprint density at radius 2 is 2.00 bits per heavy atom. The minimum absolute atomic E-state index is 0.287. The highest BCUT2D eigenvalue weighted by Crippen LogP contribution is 2.16. The Morgan fingerprint density at radius 1 is 1.22 bits per heavy atom. The van der Waals surface area contributed by atoms with Gasteiger partial charge in [0, 0.05) is 43.3 Å². The Labute approximate surface area is 139 Å². The van der Waals surface area contributed by atoms with E-state index in [0.29, 0.717) is 22.5 Å². The second-order valence-corrected chi connectivity index (χ2v) is 5.93. The largest absolute Gasteiger partial charge is 0.350 e. The molecule has 0 spiro atoms. The number of aromatic nitrogens is 3. The predicted molar refractivity (Wildman–Crippen MR) is 88.3 cm³/mol. The lowest BCUT2D eigenvalue weighted by atomic mass is 10.2. The highest BCUT2D eigenvalue weighted by Gasteiger charge is 2.17. The molecule has 23 heavy (non-hydrogen) atoms. The van der Waals surface area contributed by atoms with Gasteiger partial charge >= 0.3 is 0 Å². The van der Waals surface area contributed by atoms with E-state index in [0.717, 1.165) is 26.2 Å². The fourth-order valence-corrected chi connectivity index (χ4v) is 2.53. The maximum Gasteiger partial charge on any atom is 0.230 e. The summed E-state index contributed by atoms with van der Waals surface area (Å²) in [6.45, 7) is 4.00. The monoisotopic (exact) mass is 336 g/mol. The van der Waals surface area contributed by atoms with Crippen LogP contribution in [0.3, 0.4) is 0 Å². The van der Waals surface area contributed by atoms with Crippen molar-refractivity contribution in [3.8, 4) is 0 Å². The average Bonchev–Trinajstić information content (AvgIpc) is 2.55. The van der Waals surface area contributed by atoms with Gasteiger partial charge in [0.15, 0.2) is 0 Å². The molecule has 1 saturated heterocycles. The van der Waals surface area contributed by atoms with Gasteiger partial charge in [0.1, 0.15) is 12.1 Å². The van der Waals surface area contributed by atoms with Gasteiger partial charge in [-0.25, -0.2) is 14.4 Å². The predicted octanol–water partition coefficient (Wildman–Crippen LogP) is 2.03. The number of hydrogen-bond donors (Lipinski definition) is 1. The topological polar surface area (TPSA) is 57.2 Å². The molecule has 122 valence electrons. The van der Waals surface area contributed by atoms with Crippen LogP contribution in [0.5, 0.6) is 0 Å². The van der Waals surface area contributed by atoms with Crippen LogP contribution in [0.25, 0.3) is 0 Å². The van der Waals surface area contributed by atoms with Crippen LogP contribution in [0, 0.1) is 5.82 Å². The Kier molecular flexibility index (Phi) is 4.88. The van der Waals surface area contributed by atoms with Gasteiger partial charge in [-0.05, 0) is 19.2 Å². The molecular weight excluding hydrogens is 319 g/mol. The Morgan fingerprint density at radius 3 is 2.74 bits per heavy atom. The van der Waals surface area contributed by atoms with E-state index in [2.05, 4.69) is 37.1 Å². The second-order valence-electron chi connectivity index (χ2n) is 5.49. The normalized spacial score (nSPS) is 15.7.